The predicted molar refractivity (Wildman–Crippen MR) is 64.0 cm³/mol. The highest BCUT2D eigenvalue weighted by molar-refractivity contribution is 6.30. The fourth-order valence-electron chi connectivity index (χ4n) is 1.36. The average molecular weight is 246 g/mol. The van der Waals surface area contributed by atoms with E-state index in [2.05, 4.69) is 5.32 Å². The molecule has 2 nitrogen and oxygen atoms in total. The molecule has 0 fully saturated rings. The SMILES string of the molecule is CC(C)(CCO)NCc1ccc(Cl)c(F)c1. The standard InChI is InChI=1S/C12H17ClFNO/c1-12(2,5-6-16)15-8-9-3-4-10(13)11(14)7-9/h3-4,7,15-16H,5-6,8H2,1-2H3. The largest absolute Gasteiger partial charge is 0.396 e. The molecule has 1 rings (SSSR count). The smallest absolute Gasteiger partial charge is 0.142 e. The van der Waals surface area contributed by atoms with E-state index < -0.39 is 5.82 Å². The highest BCUT2D eigenvalue weighted by atomic mass is 35.5. The molecule has 0 atom stereocenters. The van der Waals surface area contributed by atoms with Gasteiger partial charge in [0.15, 0.2) is 0 Å². The van der Waals surface area contributed by atoms with Crippen LogP contribution in [0.15, 0.2) is 18.2 Å². The van der Waals surface area contributed by atoms with Gasteiger partial charge in [-0.15, -0.1) is 0 Å². The predicted octanol–water partition coefficient (Wildman–Crippen LogP) is 2.73. The van der Waals surface area contributed by atoms with E-state index in [0.29, 0.717) is 13.0 Å². The second-order valence-corrected chi connectivity index (χ2v) is 4.87. The molecular formula is C12H17ClFNO. The summed E-state index contributed by atoms with van der Waals surface area (Å²) in [5, 5.41) is 12.3. The first-order chi connectivity index (χ1) is 7.44. The van der Waals surface area contributed by atoms with Gasteiger partial charge in [0.25, 0.3) is 0 Å². The van der Waals surface area contributed by atoms with Crippen molar-refractivity contribution in [2.75, 3.05) is 6.61 Å². The minimum Gasteiger partial charge on any atom is -0.396 e. The number of hydrogen-bond acceptors (Lipinski definition) is 2. The molecule has 0 aliphatic rings. The first-order valence-corrected chi connectivity index (χ1v) is 5.62. The molecule has 0 aromatic heterocycles. The number of rotatable bonds is 5. The summed E-state index contributed by atoms with van der Waals surface area (Å²) in [6.45, 7) is 4.68. The van der Waals surface area contributed by atoms with E-state index in [-0.39, 0.29) is 17.2 Å². The van der Waals surface area contributed by atoms with Crippen LogP contribution in [0.1, 0.15) is 25.8 Å². The molecule has 0 saturated heterocycles. The normalized spacial score (nSPS) is 11.8. The van der Waals surface area contributed by atoms with E-state index in [0.717, 1.165) is 5.56 Å². The Bertz CT molecular complexity index is 355. The van der Waals surface area contributed by atoms with Crippen LogP contribution in [0.25, 0.3) is 0 Å². The Morgan fingerprint density at radius 2 is 2.12 bits per heavy atom. The van der Waals surface area contributed by atoms with Crippen molar-refractivity contribution in [3.05, 3.63) is 34.6 Å². The quantitative estimate of drug-likeness (QED) is 0.836. The van der Waals surface area contributed by atoms with E-state index >= 15 is 0 Å². The van der Waals surface area contributed by atoms with Crippen molar-refractivity contribution in [1.29, 1.82) is 0 Å². The summed E-state index contributed by atoms with van der Waals surface area (Å²) in [6.07, 6.45) is 0.656. The van der Waals surface area contributed by atoms with Gasteiger partial charge in [-0.3, -0.25) is 0 Å². The molecule has 0 bridgehead atoms. The molecule has 0 spiro atoms. The molecular weight excluding hydrogens is 229 g/mol. The van der Waals surface area contributed by atoms with Crippen molar-refractivity contribution in [3.8, 4) is 0 Å². The molecule has 2 N–H and O–H groups in total. The van der Waals surface area contributed by atoms with E-state index in [1.807, 2.05) is 13.8 Å². The minimum atomic E-state index is -0.402. The van der Waals surface area contributed by atoms with Gasteiger partial charge in [0.2, 0.25) is 0 Å². The van der Waals surface area contributed by atoms with Crippen molar-refractivity contribution in [2.45, 2.75) is 32.4 Å². The van der Waals surface area contributed by atoms with E-state index in [9.17, 15) is 4.39 Å². The van der Waals surface area contributed by atoms with Gasteiger partial charge >= 0.3 is 0 Å². The van der Waals surface area contributed by atoms with Crippen LogP contribution < -0.4 is 5.32 Å². The van der Waals surface area contributed by atoms with E-state index in [1.54, 1.807) is 12.1 Å². The number of nitrogens with one attached hydrogen (secondary N) is 1. The zero-order valence-corrected chi connectivity index (χ0v) is 10.3. The molecule has 0 amide bonds. The highest BCUT2D eigenvalue weighted by Gasteiger charge is 2.15. The molecule has 1 aromatic rings. The maximum absolute atomic E-state index is 13.1. The van der Waals surface area contributed by atoms with Gasteiger partial charge in [-0.25, -0.2) is 4.39 Å². The fourth-order valence-corrected chi connectivity index (χ4v) is 1.48. The third kappa shape index (κ3) is 4.08. The Kier molecular flexibility index (Phi) is 4.71. The van der Waals surface area contributed by atoms with Gasteiger partial charge in [-0.1, -0.05) is 17.7 Å². The van der Waals surface area contributed by atoms with Crippen LogP contribution in [0.3, 0.4) is 0 Å². The third-order valence-electron chi connectivity index (χ3n) is 2.49. The van der Waals surface area contributed by atoms with Crippen LogP contribution in [0.2, 0.25) is 5.02 Å². The lowest BCUT2D eigenvalue weighted by atomic mass is 10.0. The zero-order valence-electron chi connectivity index (χ0n) is 9.56. The summed E-state index contributed by atoms with van der Waals surface area (Å²) in [5.74, 6) is -0.402. The molecule has 0 aliphatic carbocycles. The summed E-state index contributed by atoms with van der Waals surface area (Å²) >= 11 is 5.59. The monoisotopic (exact) mass is 245 g/mol. The maximum atomic E-state index is 13.1. The fraction of sp³-hybridized carbons (Fsp3) is 0.500. The Hall–Kier alpha value is -0.640. The minimum absolute atomic E-state index is 0.134. The molecule has 90 valence electrons. The summed E-state index contributed by atoms with van der Waals surface area (Å²) < 4.78 is 13.1. The molecule has 0 heterocycles. The summed E-state index contributed by atoms with van der Waals surface area (Å²) in [7, 11) is 0. The first-order valence-electron chi connectivity index (χ1n) is 5.24. The number of halogens is 2. The highest BCUT2D eigenvalue weighted by Crippen LogP contribution is 2.16. The van der Waals surface area contributed by atoms with Crippen molar-refractivity contribution in [3.63, 3.8) is 0 Å². The molecule has 1 aromatic carbocycles. The van der Waals surface area contributed by atoms with E-state index in [4.69, 9.17) is 16.7 Å². The number of benzene rings is 1. The van der Waals surface area contributed by atoms with Crippen molar-refractivity contribution < 1.29 is 9.50 Å². The van der Waals surface area contributed by atoms with Crippen molar-refractivity contribution >= 4 is 11.6 Å². The second kappa shape index (κ2) is 5.62. The van der Waals surface area contributed by atoms with Crippen LogP contribution in [0.5, 0.6) is 0 Å². The number of aliphatic hydroxyl groups excluding tert-OH is 1. The van der Waals surface area contributed by atoms with Crippen molar-refractivity contribution in [1.82, 2.24) is 5.32 Å². The topological polar surface area (TPSA) is 32.3 Å². The van der Waals surface area contributed by atoms with Gasteiger partial charge < -0.3 is 10.4 Å². The molecule has 16 heavy (non-hydrogen) atoms. The third-order valence-corrected chi connectivity index (χ3v) is 2.80. The van der Waals surface area contributed by atoms with Gasteiger partial charge in [0.05, 0.1) is 5.02 Å². The Morgan fingerprint density at radius 3 is 2.69 bits per heavy atom. The molecule has 4 heteroatoms. The van der Waals surface area contributed by atoms with Gasteiger partial charge in [0.1, 0.15) is 5.82 Å². The van der Waals surface area contributed by atoms with Crippen LogP contribution in [0.4, 0.5) is 4.39 Å². The van der Waals surface area contributed by atoms with Gasteiger partial charge in [-0.05, 0) is 38.0 Å². The van der Waals surface area contributed by atoms with Crippen LogP contribution in [-0.4, -0.2) is 17.3 Å². The molecule has 0 radical (unpaired) electrons. The molecule has 0 unspecified atom stereocenters. The average Bonchev–Trinajstić information content (AvgIpc) is 2.20. The lowest BCUT2D eigenvalue weighted by Gasteiger charge is -2.25. The molecule has 0 aliphatic heterocycles. The van der Waals surface area contributed by atoms with Crippen molar-refractivity contribution in [2.24, 2.45) is 0 Å². The van der Waals surface area contributed by atoms with Crippen LogP contribution >= 0.6 is 11.6 Å². The number of hydrogen-bond donors (Lipinski definition) is 2. The Morgan fingerprint density at radius 1 is 1.44 bits per heavy atom. The lowest BCUT2D eigenvalue weighted by Crippen LogP contribution is -2.39. The van der Waals surface area contributed by atoms with Crippen LogP contribution in [0, 0.1) is 5.82 Å². The summed E-state index contributed by atoms with van der Waals surface area (Å²) in [5.41, 5.74) is 0.679. The van der Waals surface area contributed by atoms with Crippen LogP contribution in [-0.2, 0) is 6.54 Å². The summed E-state index contributed by atoms with van der Waals surface area (Å²) in [4.78, 5) is 0. The summed E-state index contributed by atoms with van der Waals surface area (Å²) in [6, 6.07) is 4.75. The van der Waals surface area contributed by atoms with E-state index in [1.165, 1.54) is 6.07 Å². The van der Waals surface area contributed by atoms with Gasteiger partial charge in [-0.2, -0.15) is 0 Å². The zero-order chi connectivity index (χ0) is 12.2. The molecule has 0 saturated carbocycles. The maximum Gasteiger partial charge on any atom is 0.142 e. The Balaban J connectivity index is 2.57. The lowest BCUT2D eigenvalue weighted by molar-refractivity contribution is 0.230. The Labute approximate surface area is 100 Å². The van der Waals surface area contributed by atoms with Gasteiger partial charge in [0, 0.05) is 18.7 Å². The second-order valence-electron chi connectivity index (χ2n) is 4.46. The first kappa shape index (κ1) is 13.4. The number of aliphatic hydroxyl groups is 1.